The maximum absolute atomic E-state index is 11.2. The summed E-state index contributed by atoms with van der Waals surface area (Å²) >= 11 is 5.78. The van der Waals surface area contributed by atoms with Crippen LogP contribution in [0.15, 0.2) is 18.2 Å². The zero-order chi connectivity index (χ0) is 12.0. The fourth-order valence-electron chi connectivity index (χ4n) is 1.03. The number of rotatable bonds is 3. The molecule has 84 valence electrons. The summed E-state index contributed by atoms with van der Waals surface area (Å²) in [7, 11) is 0. The Balaban J connectivity index is 2.65. The van der Waals surface area contributed by atoms with Gasteiger partial charge in [0.2, 0.25) is 0 Å². The molecule has 1 rings (SSSR count). The first-order valence-corrected chi connectivity index (χ1v) is 4.90. The smallest absolute Gasteiger partial charge is 0.319 e. The number of aliphatic hydroxyl groups excluding tert-OH is 1. The second-order valence-corrected chi connectivity index (χ2v) is 3.32. The number of nitrogens with one attached hydrogen (secondary N) is 2. The third kappa shape index (κ3) is 3.42. The van der Waals surface area contributed by atoms with Gasteiger partial charge in [-0.05, 0) is 18.2 Å². The second kappa shape index (κ2) is 5.95. The van der Waals surface area contributed by atoms with Gasteiger partial charge in [-0.1, -0.05) is 11.6 Å². The molecule has 0 aliphatic carbocycles. The predicted molar refractivity (Wildman–Crippen MR) is 60.3 cm³/mol. The number of hydrogen-bond acceptors (Lipinski definition) is 3. The molecule has 0 aliphatic heterocycles. The molecular formula is C10H10ClN3O2. The molecule has 2 amide bonds. The van der Waals surface area contributed by atoms with Crippen LogP contribution in [0.4, 0.5) is 10.5 Å². The molecule has 0 heterocycles. The summed E-state index contributed by atoms with van der Waals surface area (Å²) in [6.07, 6.45) is 0. The maximum atomic E-state index is 11.2. The van der Waals surface area contributed by atoms with Crippen molar-refractivity contribution in [3.63, 3.8) is 0 Å². The zero-order valence-electron chi connectivity index (χ0n) is 8.33. The molecule has 0 radical (unpaired) electrons. The molecule has 0 saturated heterocycles. The highest BCUT2D eigenvalue weighted by molar-refractivity contribution is 6.32. The molecule has 6 heteroatoms. The van der Waals surface area contributed by atoms with E-state index in [0.717, 1.165) is 0 Å². The number of anilines is 1. The lowest BCUT2D eigenvalue weighted by atomic mass is 10.2. The van der Waals surface area contributed by atoms with E-state index in [1.807, 2.05) is 6.07 Å². The van der Waals surface area contributed by atoms with Gasteiger partial charge in [-0.25, -0.2) is 4.79 Å². The lowest BCUT2D eigenvalue weighted by molar-refractivity contribution is 0.245. The van der Waals surface area contributed by atoms with Crippen molar-refractivity contribution >= 4 is 23.3 Å². The van der Waals surface area contributed by atoms with Gasteiger partial charge in [0.25, 0.3) is 0 Å². The fraction of sp³-hybridized carbons (Fsp3) is 0.200. The molecular weight excluding hydrogens is 230 g/mol. The van der Waals surface area contributed by atoms with E-state index in [0.29, 0.717) is 11.3 Å². The molecule has 1 aromatic rings. The lowest BCUT2D eigenvalue weighted by Gasteiger charge is -2.06. The largest absolute Gasteiger partial charge is 0.395 e. The minimum atomic E-state index is -0.435. The van der Waals surface area contributed by atoms with Crippen molar-refractivity contribution in [2.24, 2.45) is 0 Å². The number of carbonyl (C=O) groups excluding carboxylic acids is 1. The summed E-state index contributed by atoms with van der Waals surface area (Å²) < 4.78 is 0. The van der Waals surface area contributed by atoms with Crippen molar-refractivity contribution in [2.45, 2.75) is 0 Å². The maximum Gasteiger partial charge on any atom is 0.319 e. The van der Waals surface area contributed by atoms with Crippen LogP contribution in [0, 0.1) is 11.3 Å². The molecule has 0 fully saturated rings. The number of hydrogen-bond donors (Lipinski definition) is 3. The topological polar surface area (TPSA) is 85.2 Å². The van der Waals surface area contributed by atoms with Gasteiger partial charge in [0.1, 0.15) is 6.07 Å². The minimum absolute atomic E-state index is 0.123. The molecule has 0 atom stereocenters. The first-order chi connectivity index (χ1) is 7.67. The average Bonchev–Trinajstić information content (AvgIpc) is 2.26. The van der Waals surface area contributed by atoms with Crippen LogP contribution in [-0.2, 0) is 0 Å². The Kier molecular flexibility index (Phi) is 4.58. The van der Waals surface area contributed by atoms with Crippen LogP contribution in [-0.4, -0.2) is 24.3 Å². The summed E-state index contributed by atoms with van der Waals surface area (Å²) in [5.41, 5.74) is 0.836. The molecule has 0 aliphatic rings. The van der Waals surface area contributed by atoms with E-state index in [-0.39, 0.29) is 18.2 Å². The monoisotopic (exact) mass is 239 g/mol. The number of halogens is 1. The number of urea groups is 1. The van der Waals surface area contributed by atoms with Crippen LogP contribution in [0.1, 0.15) is 5.56 Å². The number of nitriles is 1. The molecule has 5 nitrogen and oxygen atoms in total. The number of aliphatic hydroxyl groups is 1. The summed E-state index contributed by atoms with van der Waals surface area (Å²) in [5.74, 6) is 0. The summed E-state index contributed by atoms with van der Waals surface area (Å²) in [6, 6.07) is 6.06. The van der Waals surface area contributed by atoms with E-state index in [9.17, 15) is 4.79 Å². The Hall–Kier alpha value is -1.77. The van der Waals surface area contributed by atoms with Crippen molar-refractivity contribution < 1.29 is 9.90 Å². The van der Waals surface area contributed by atoms with Crippen LogP contribution in [0.2, 0.25) is 5.02 Å². The van der Waals surface area contributed by atoms with E-state index >= 15 is 0 Å². The highest BCUT2D eigenvalue weighted by atomic mass is 35.5. The molecule has 16 heavy (non-hydrogen) atoms. The van der Waals surface area contributed by atoms with Crippen LogP contribution in [0.3, 0.4) is 0 Å². The molecule has 0 saturated carbocycles. The van der Waals surface area contributed by atoms with E-state index < -0.39 is 6.03 Å². The zero-order valence-corrected chi connectivity index (χ0v) is 9.08. The van der Waals surface area contributed by atoms with Crippen molar-refractivity contribution in [2.75, 3.05) is 18.5 Å². The predicted octanol–water partition coefficient (Wildman–Crippen LogP) is 1.33. The third-order valence-corrected chi connectivity index (χ3v) is 2.06. The van der Waals surface area contributed by atoms with E-state index in [1.165, 1.54) is 12.1 Å². The summed E-state index contributed by atoms with van der Waals surface area (Å²) in [6.45, 7) is 0.0530. The standard InChI is InChI=1S/C10H10ClN3O2/c11-9-5-8(2-1-7(9)6-12)14-10(16)13-3-4-15/h1-2,5,15H,3-4H2,(H2,13,14,16). The Morgan fingerprint density at radius 3 is 2.88 bits per heavy atom. The molecule has 0 aromatic heterocycles. The lowest BCUT2D eigenvalue weighted by Crippen LogP contribution is -2.30. The van der Waals surface area contributed by atoms with Crippen LogP contribution in [0.25, 0.3) is 0 Å². The summed E-state index contributed by atoms with van der Waals surface area (Å²) in [4.78, 5) is 11.2. The van der Waals surface area contributed by atoms with Crippen LogP contribution < -0.4 is 10.6 Å². The Morgan fingerprint density at radius 1 is 1.56 bits per heavy atom. The molecule has 1 aromatic carbocycles. The molecule has 3 N–H and O–H groups in total. The van der Waals surface area contributed by atoms with Gasteiger partial charge in [0.05, 0.1) is 17.2 Å². The Labute approximate surface area is 97.6 Å². The van der Waals surface area contributed by atoms with Gasteiger partial charge in [0.15, 0.2) is 0 Å². The second-order valence-electron chi connectivity index (χ2n) is 2.91. The highest BCUT2D eigenvalue weighted by Gasteiger charge is 2.03. The van der Waals surface area contributed by atoms with Gasteiger partial charge in [-0.3, -0.25) is 0 Å². The highest BCUT2D eigenvalue weighted by Crippen LogP contribution is 2.19. The van der Waals surface area contributed by atoms with Gasteiger partial charge < -0.3 is 15.7 Å². The number of carbonyl (C=O) groups is 1. The molecule has 0 spiro atoms. The third-order valence-electron chi connectivity index (χ3n) is 1.74. The SMILES string of the molecule is N#Cc1ccc(NC(=O)NCCO)cc1Cl. The minimum Gasteiger partial charge on any atom is -0.395 e. The van der Waals surface area contributed by atoms with Crippen molar-refractivity contribution in [1.82, 2.24) is 5.32 Å². The van der Waals surface area contributed by atoms with Gasteiger partial charge in [0, 0.05) is 12.2 Å². The first-order valence-electron chi connectivity index (χ1n) is 4.52. The normalized spacial score (nSPS) is 9.31. The van der Waals surface area contributed by atoms with Crippen molar-refractivity contribution in [1.29, 1.82) is 5.26 Å². The van der Waals surface area contributed by atoms with E-state index in [2.05, 4.69) is 10.6 Å². The average molecular weight is 240 g/mol. The number of benzene rings is 1. The number of amides is 2. The van der Waals surface area contributed by atoms with Gasteiger partial charge in [-0.2, -0.15) is 5.26 Å². The van der Waals surface area contributed by atoms with Crippen LogP contribution in [0.5, 0.6) is 0 Å². The van der Waals surface area contributed by atoms with E-state index in [4.69, 9.17) is 22.0 Å². The summed E-state index contributed by atoms with van der Waals surface area (Å²) in [5, 5.41) is 22.4. The molecule has 0 unspecified atom stereocenters. The van der Waals surface area contributed by atoms with Crippen LogP contribution >= 0.6 is 11.6 Å². The van der Waals surface area contributed by atoms with Crippen molar-refractivity contribution in [3.05, 3.63) is 28.8 Å². The van der Waals surface area contributed by atoms with Crippen molar-refractivity contribution in [3.8, 4) is 6.07 Å². The first kappa shape index (κ1) is 12.3. The fourth-order valence-corrected chi connectivity index (χ4v) is 1.25. The molecule has 0 bridgehead atoms. The Morgan fingerprint density at radius 2 is 2.31 bits per heavy atom. The van der Waals surface area contributed by atoms with Gasteiger partial charge in [-0.15, -0.1) is 0 Å². The quantitative estimate of drug-likeness (QED) is 0.744. The van der Waals surface area contributed by atoms with Gasteiger partial charge >= 0.3 is 6.03 Å². The van der Waals surface area contributed by atoms with E-state index in [1.54, 1.807) is 6.07 Å². The Bertz CT molecular complexity index is 429. The number of nitrogens with zero attached hydrogens (tertiary/aromatic N) is 1.